The van der Waals surface area contributed by atoms with E-state index in [9.17, 15) is 24.0 Å². The van der Waals surface area contributed by atoms with Crippen LogP contribution >= 0.6 is 0 Å². The average Bonchev–Trinajstić information content (AvgIpc) is 2.51. The third-order valence-corrected chi connectivity index (χ3v) is 2.45. The number of carbonyl (C=O) groups is 5. The van der Waals surface area contributed by atoms with Crippen molar-refractivity contribution in [2.75, 3.05) is 0 Å². The Morgan fingerprint density at radius 1 is 0.750 bits per heavy atom. The van der Waals surface area contributed by atoms with Crippen LogP contribution in [0.5, 0.6) is 0 Å². The van der Waals surface area contributed by atoms with Crippen LogP contribution in [0.25, 0.3) is 0 Å². The van der Waals surface area contributed by atoms with Crippen molar-refractivity contribution in [1.29, 1.82) is 0 Å². The highest BCUT2D eigenvalue weighted by atomic mass is 17.2. The van der Waals surface area contributed by atoms with Gasteiger partial charge in [0.1, 0.15) is 0 Å². The van der Waals surface area contributed by atoms with Gasteiger partial charge in [-0.05, 0) is 0 Å². The lowest BCUT2D eigenvalue weighted by molar-refractivity contribution is -0.263. The molecular weight excluding hydrogens is 324 g/mol. The zero-order chi connectivity index (χ0) is 18.3. The Labute approximate surface area is 136 Å². The maximum absolute atomic E-state index is 12.4. The van der Waals surface area contributed by atoms with Crippen molar-refractivity contribution < 1.29 is 43.2 Å². The van der Waals surface area contributed by atoms with Crippen LogP contribution in [0, 0.1) is 0 Å². The van der Waals surface area contributed by atoms with Gasteiger partial charge < -0.3 is 9.47 Å². The highest BCUT2D eigenvalue weighted by Gasteiger charge is 2.52. The van der Waals surface area contributed by atoms with Gasteiger partial charge in [-0.15, -0.1) is 0 Å². The highest BCUT2D eigenvalue weighted by molar-refractivity contribution is 6.36. The number of ketones is 1. The standard InChI is InChI=1S/C15H14O9/c1-9(16)21-15(22-10(2)17,12-7-5-4-6-8-12)13(19)14(20)24-23-11(3)18/h4-8H,1-3H3. The molecular formula is C15H14O9. The van der Waals surface area contributed by atoms with Crippen LogP contribution < -0.4 is 0 Å². The van der Waals surface area contributed by atoms with Crippen LogP contribution in [0.15, 0.2) is 30.3 Å². The molecule has 0 spiro atoms. The minimum absolute atomic E-state index is 0.111. The second-order valence-corrected chi connectivity index (χ2v) is 4.44. The number of ether oxygens (including phenoxy) is 2. The molecule has 128 valence electrons. The first-order chi connectivity index (χ1) is 11.2. The summed E-state index contributed by atoms with van der Waals surface area (Å²) >= 11 is 0. The molecule has 0 aromatic heterocycles. The third kappa shape index (κ3) is 4.63. The molecule has 0 fully saturated rings. The number of hydrogen-bond donors (Lipinski definition) is 0. The summed E-state index contributed by atoms with van der Waals surface area (Å²) in [6.45, 7) is 2.83. The third-order valence-electron chi connectivity index (χ3n) is 2.45. The number of rotatable bonds is 5. The summed E-state index contributed by atoms with van der Waals surface area (Å²) in [6.07, 6.45) is 0. The Morgan fingerprint density at radius 2 is 1.25 bits per heavy atom. The Balaban J connectivity index is 3.36. The first-order valence-corrected chi connectivity index (χ1v) is 6.57. The SMILES string of the molecule is CC(=O)OOC(=O)C(=O)C(OC(C)=O)(OC(C)=O)c1ccccc1. The maximum Gasteiger partial charge on any atom is 0.430 e. The molecule has 0 aliphatic heterocycles. The lowest BCUT2D eigenvalue weighted by Gasteiger charge is -2.29. The predicted octanol–water partition coefficient (Wildman–Crippen LogP) is 0.556. The zero-order valence-electron chi connectivity index (χ0n) is 13.1. The summed E-state index contributed by atoms with van der Waals surface area (Å²) < 4.78 is 9.70. The number of benzene rings is 1. The summed E-state index contributed by atoms with van der Waals surface area (Å²) in [5, 5.41) is 0. The fourth-order valence-electron chi connectivity index (χ4n) is 1.69. The van der Waals surface area contributed by atoms with Crippen molar-refractivity contribution in [2.24, 2.45) is 0 Å². The molecule has 0 N–H and O–H groups in total. The first-order valence-electron chi connectivity index (χ1n) is 6.57. The number of Topliss-reactive ketones (excluding diaryl/α,β-unsaturated/α-hetero) is 1. The van der Waals surface area contributed by atoms with Crippen LogP contribution in [-0.2, 0) is 49.0 Å². The van der Waals surface area contributed by atoms with Crippen molar-refractivity contribution in [3.05, 3.63) is 35.9 Å². The summed E-state index contributed by atoms with van der Waals surface area (Å²) in [6, 6.07) is 7.09. The fraction of sp³-hybridized carbons (Fsp3) is 0.267. The van der Waals surface area contributed by atoms with Crippen molar-refractivity contribution in [3.63, 3.8) is 0 Å². The lowest BCUT2D eigenvalue weighted by atomic mass is 10.0. The average molecular weight is 338 g/mol. The molecule has 24 heavy (non-hydrogen) atoms. The van der Waals surface area contributed by atoms with Crippen LogP contribution in [0.2, 0.25) is 0 Å². The van der Waals surface area contributed by atoms with E-state index in [0.29, 0.717) is 0 Å². The molecule has 1 rings (SSSR count). The second-order valence-electron chi connectivity index (χ2n) is 4.44. The molecule has 1 aromatic rings. The lowest BCUT2D eigenvalue weighted by Crippen LogP contribution is -2.48. The molecule has 0 saturated carbocycles. The van der Waals surface area contributed by atoms with Gasteiger partial charge in [-0.2, -0.15) is 0 Å². The number of carbonyl (C=O) groups excluding carboxylic acids is 5. The van der Waals surface area contributed by atoms with Crippen LogP contribution in [-0.4, -0.2) is 29.7 Å². The van der Waals surface area contributed by atoms with Crippen molar-refractivity contribution >= 4 is 29.7 Å². The molecule has 1 aromatic carbocycles. The van der Waals surface area contributed by atoms with Gasteiger partial charge in [0.25, 0.3) is 0 Å². The van der Waals surface area contributed by atoms with E-state index in [0.717, 1.165) is 20.8 Å². The van der Waals surface area contributed by atoms with Crippen molar-refractivity contribution in [2.45, 2.75) is 26.6 Å². The quantitative estimate of drug-likeness (QED) is 0.249. The van der Waals surface area contributed by atoms with Gasteiger partial charge in [0, 0.05) is 26.3 Å². The smallest absolute Gasteiger partial charge is 0.410 e. The second kappa shape index (κ2) is 7.86. The maximum atomic E-state index is 12.4. The van der Waals surface area contributed by atoms with Crippen LogP contribution in [0.4, 0.5) is 0 Å². The minimum Gasteiger partial charge on any atom is -0.410 e. The van der Waals surface area contributed by atoms with Gasteiger partial charge in [0.15, 0.2) is 0 Å². The molecule has 0 unspecified atom stereocenters. The van der Waals surface area contributed by atoms with Gasteiger partial charge >= 0.3 is 35.4 Å². The Hall–Kier alpha value is -3.23. The molecule has 0 aliphatic carbocycles. The van der Waals surface area contributed by atoms with Gasteiger partial charge in [-0.25, -0.2) is 19.4 Å². The molecule has 0 saturated heterocycles. The van der Waals surface area contributed by atoms with E-state index < -0.39 is 35.4 Å². The summed E-state index contributed by atoms with van der Waals surface area (Å²) in [7, 11) is 0. The number of hydrogen-bond acceptors (Lipinski definition) is 9. The van der Waals surface area contributed by atoms with Gasteiger partial charge in [-0.1, -0.05) is 30.3 Å². The summed E-state index contributed by atoms with van der Waals surface area (Å²) in [5.74, 6) is -8.98. The molecule has 0 atom stereocenters. The van der Waals surface area contributed by atoms with E-state index in [1.165, 1.54) is 24.3 Å². The molecule has 0 heterocycles. The van der Waals surface area contributed by atoms with E-state index >= 15 is 0 Å². The molecule has 0 bridgehead atoms. The Kier molecular flexibility index (Phi) is 6.16. The Morgan fingerprint density at radius 3 is 1.67 bits per heavy atom. The molecule has 0 amide bonds. The zero-order valence-corrected chi connectivity index (χ0v) is 13.1. The van der Waals surface area contributed by atoms with Crippen molar-refractivity contribution in [1.82, 2.24) is 0 Å². The summed E-state index contributed by atoms with van der Waals surface area (Å²) in [5.41, 5.74) is -0.111. The largest absolute Gasteiger partial charge is 0.430 e. The molecule has 9 nitrogen and oxygen atoms in total. The van der Waals surface area contributed by atoms with Gasteiger partial charge in [0.05, 0.1) is 0 Å². The van der Waals surface area contributed by atoms with E-state index in [-0.39, 0.29) is 5.56 Å². The molecule has 9 heteroatoms. The van der Waals surface area contributed by atoms with Gasteiger partial charge in [0.2, 0.25) is 0 Å². The highest BCUT2D eigenvalue weighted by Crippen LogP contribution is 2.30. The minimum atomic E-state index is -2.70. The Bertz CT molecular complexity index is 647. The van der Waals surface area contributed by atoms with Crippen LogP contribution in [0.3, 0.4) is 0 Å². The first kappa shape index (κ1) is 18.8. The van der Waals surface area contributed by atoms with E-state index in [1.54, 1.807) is 6.07 Å². The van der Waals surface area contributed by atoms with Crippen LogP contribution in [0.1, 0.15) is 26.3 Å². The topological polar surface area (TPSA) is 122 Å². The summed E-state index contributed by atoms with van der Waals surface area (Å²) in [4.78, 5) is 65.7. The van der Waals surface area contributed by atoms with E-state index in [4.69, 9.17) is 9.47 Å². The van der Waals surface area contributed by atoms with Crippen molar-refractivity contribution in [3.8, 4) is 0 Å². The normalized spacial score (nSPS) is 10.3. The monoisotopic (exact) mass is 338 g/mol. The molecule has 0 aliphatic rings. The molecule has 0 radical (unpaired) electrons. The van der Waals surface area contributed by atoms with E-state index in [1.807, 2.05) is 0 Å². The predicted molar refractivity (Wildman–Crippen MR) is 74.5 cm³/mol. The number of esters is 2. The van der Waals surface area contributed by atoms with Gasteiger partial charge in [-0.3, -0.25) is 14.4 Å². The fourth-order valence-corrected chi connectivity index (χ4v) is 1.69. The van der Waals surface area contributed by atoms with E-state index in [2.05, 4.69) is 9.78 Å².